The third kappa shape index (κ3) is 4.17. The zero-order valence-electron chi connectivity index (χ0n) is 18.9. The Labute approximate surface area is 203 Å². The van der Waals surface area contributed by atoms with Gasteiger partial charge in [-0.2, -0.15) is 4.31 Å². The Hall–Kier alpha value is -2.94. The van der Waals surface area contributed by atoms with Gasteiger partial charge in [-0.3, -0.25) is 0 Å². The first-order valence-corrected chi connectivity index (χ1v) is 12.5. The number of para-hydroxylation sites is 1. The van der Waals surface area contributed by atoms with E-state index < -0.39 is 27.4 Å². The van der Waals surface area contributed by atoms with Crippen LogP contribution in [0.15, 0.2) is 65.6 Å². The van der Waals surface area contributed by atoms with Gasteiger partial charge in [0.15, 0.2) is 0 Å². The van der Waals surface area contributed by atoms with Gasteiger partial charge in [0.25, 0.3) is 0 Å². The standard InChI is InChI=1S/C25H24ClFN2O4S/c1-15(2)23-14-29(17-7-5-4-6-8-17)22-13-20(26)18(12-24(22)34(32,33)28(23)3)16-9-10-21(27)19(11-16)25(30)31/h4-13,15,23H,14H2,1-3H3,(H,30,31)/t23-/m0/s1. The average molecular weight is 503 g/mol. The number of rotatable bonds is 4. The average Bonchev–Trinajstić information content (AvgIpc) is 2.87. The van der Waals surface area contributed by atoms with Crippen molar-refractivity contribution in [3.8, 4) is 11.1 Å². The highest BCUT2D eigenvalue weighted by Crippen LogP contribution is 2.43. The van der Waals surface area contributed by atoms with Gasteiger partial charge in [0.2, 0.25) is 10.0 Å². The van der Waals surface area contributed by atoms with Gasteiger partial charge in [-0.25, -0.2) is 17.6 Å². The highest BCUT2D eigenvalue weighted by Gasteiger charge is 2.38. The second-order valence-electron chi connectivity index (χ2n) is 8.58. The summed E-state index contributed by atoms with van der Waals surface area (Å²) in [6.07, 6.45) is 0. The van der Waals surface area contributed by atoms with Crippen LogP contribution in [0.4, 0.5) is 15.8 Å². The fourth-order valence-corrected chi connectivity index (χ4v) is 6.20. The van der Waals surface area contributed by atoms with Crippen molar-refractivity contribution in [1.29, 1.82) is 0 Å². The zero-order valence-corrected chi connectivity index (χ0v) is 20.4. The molecule has 0 spiro atoms. The molecule has 34 heavy (non-hydrogen) atoms. The summed E-state index contributed by atoms with van der Waals surface area (Å²) in [5.41, 5.74) is 1.33. The summed E-state index contributed by atoms with van der Waals surface area (Å²) in [4.78, 5) is 13.4. The Kier molecular flexibility index (Phi) is 6.42. The summed E-state index contributed by atoms with van der Waals surface area (Å²) in [6, 6.07) is 15.7. The Bertz CT molecular complexity index is 1360. The van der Waals surface area contributed by atoms with Crippen LogP contribution in [-0.2, 0) is 10.0 Å². The molecule has 6 nitrogen and oxygen atoms in total. The summed E-state index contributed by atoms with van der Waals surface area (Å²) in [5.74, 6) is -2.28. The van der Waals surface area contributed by atoms with Gasteiger partial charge >= 0.3 is 5.97 Å². The molecule has 1 aliphatic rings. The third-order valence-electron chi connectivity index (χ3n) is 6.18. The largest absolute Gasteiger partial charge is 0.478 e. The summed E-state index contributed by atoms with van der Waals surface area (Å²) < 4.78 is 42.8. The molecule has 178 valence electrons. The van der Waals surface area contributed by atoms with Gasteiger partial charge in [-0.15, -0.1) is 0 Å². The van der Waals surface area contributed by atoms with Crippen molar-refractivity contribution < 1.29 is 22.7 Å². The minimum Gasteiger partial charge on any atom is -0.478 e. The van der Waals surface area contributed by atoms with E-state index in [4.69, 9.17) is 11.6 Å². The van der Waals surface area contributed by atoms with E-state index in [0.29, 0.717) is 23.4 Å². The fraction of sp³-hybridized carbons (Fsp3) is 0.240. The molecule has 1 aliphatic heterocycles. The summed E-state index contributed by atoms with van der Waals surface area (Å²) >= 11 is 6.63. The SMILES string of the molecule is CC(C)[C@@H]1CN(c2ccccc2)c2cc(Cl)c(-c3ccc(F)c(C(=O)O)c3)cc2S(=O)(=O)N1C. The number of aromatic carboxylic acids is 1. The van der Waals surface area contributed by atoms with E-state index in [0.717, 1.165) is 17.8 Å². The quantitative estimate of drug-likeness (QED) is 0.499. The maximum atomic E-state index is 14.0. The van der Waals surface area contributed by atoms with E-state index in [9.17, 15) is 22.7 Å². The van der Waals surface area contributed by atoms with Crippen molar-refractivity contribution in [2.24, 2.45) is 5.92 Å². The molecule has 3 aromatic carbocycles. The molecule has 0 unspecified atom stereocenters. The van der Waals surface area contributed by atoms with E-state index >= 15 is 0 Å². The van der Waals surface area contributed by atoms with Gasteiger partial charge in [0.05, 0.1) is 16.3 Å². The Morgan fingerprint density at radius 2 is 1.79 bits per heavy atom. The molecule has 1 N–H and O–H groups in total. The topological polar surface area (TPSA) is 77.9 Å². The molecule has 0 saturated heterocycles. The predicted octanol–water partition coefficient (Wildman–Crippen LogP) is 5.64. The number of likely N-dealkylation sites (N-methyl/N-ethyl adjacent to an activating group) is 1. The number of anilines is 2. The third-order valence-corrected chi connectivity index (χ3v) is 8.40. The lowest BCUT2D eigenvalue weighted by atomic mass is 10.0. The molecule has 0 saturated carbocycles. The van der Waals surface area contributed by atoms with Gasteiger partial charge < -0.3 is 10.0 Å². The van der Waals surface area contributed by atoms with Gasteiger partial charge in [-0.05, 0) is 47.9 Å². The molecule has 0 radical (unpaired) electrons. The molecule has 9 heteroatoms. The van der Waals surface area contributed by atoms with Crippen molar-refractivity contribution in [3.63, 3.8) is 0 Å². The summed E-state index contributed by atoms with van der Waals surface area (Å²) in [6.45, 7) is 4.36. The van der Waals surface area contributed by atoms with Gasteiger partial charge in [0, 0.05) is 30.9 Å². The lowest BCUT2D eigenvalue weighted by Crippen LogP contribution is -2.44. The van der Waals surface area contributed by atoms with Crippen LogP contribution in [0.3, 0.4) is 0 Å². The van der Waals surface area contributed by atoms with Gasteiger partial charge in [-0.1, -0.05) is 49.7 Å². The highest BCUT2D eigenvalue weighted by atomic mass is 35.5. The number of fused-ring (bicyclic) bond motifs is 1. The lowest BCUT2D eigenvalue weighted by Gasteiger charge is -2.32. The second kappa shape index (κ2) is 9.02. The maximum Gasteiger partial charge on any atom is 0.338 e. The molecule has 0 fully saturated rings. The number of carboxylic acid groups (broad SMARTS) is 1. The van der Waals surface area contributed by atoms with Crippen molar-refractivity contribution >= 4 is 39.0 Å². The van der Waals surface area contributed by atoms with Crippen LogP contribution in [0.5, 0.6) is 0 Å². The summed E-state index contributed by atoms with van der Waals surface area (Å²) in [7, 11) is -2.37. The van der Waals surface area contributed by atoms with Crippen LogP contribution in [0, 0.1) is 11.7 Å². The monoisotopic (exact) mass is 502 g/mol. The van der Waals surface area contributed by atoms with Crippen LogP contribution in [0.25, 0.3) is 11.1 Å². The number of halogens is 2. The first-order valence-electron chi connectivity index (χ1n) is 10.7. The summed E-state index contributed by atoms with van der Waals surface area (Å²) in [5, 5.41) is 9.54. The first-order chi connectivity index (χ1) is 16.0. The molecule has 0 bridgehead atoms. The van der Waals surface area contributed by atoms with E-state index in [1.807, 2.05) is 49.1 Å². The number of carboxylic acids is 1. The van der Waals surface area contributed by atoms with Crippen molar-refractivity contribution in [2.45, 2.75) is 24.8 Å². The number of benzene rings is 3. The minimum absolute atomic E-state index is 0.0328. The van der Waals surface area contributed by atoms with Crippen LogP contribution >= 0.6 is 11.6 Å². The molecule has 1 atom stereocenters. The Morgan fingerprint density at radius 1 is 1.12 bits per heavy atom. The normalized spacial score (nSPS) is 17.9. The van der Waals surface area contributed by atoms with Gasteiger partial charge in [0.1, 0.15) is 10.7 Å². The molecule has 3 aromatic rings. The molecule has 0 aromatic heterocycles. The smallest absolute Gasteiger partial charge is 0.338 e. The second-order valence-corrected chi connectivity index (χ2v) is 11.0. The highest BCUT2D eigenvalue weighted by molar-refractivity contribution is 7.89. The zero-order chi connectivity index (χ0) is 24.8. The first kappa shape index (κ1) is 24.2. The molecule has 4 rings (SSSR count). The Balaban J connectivity index is 1.99. The molecule has 0 amide bonds. The maximum absolute atomic E-state index is 14.0. The predicted molar refractivity (Wildman–Crippen MR) is 131 cm³/mol. The minimum atomic E-state index is -3.93. The number of carbonyl (C=O) groups is 1. The lowest BCUT2D eigenvalue weighted by molar-refractivity contribution is 0.0692. The number of sulfonamides is 1. The molecule has 1 heterocycles. The number of hydrogen-bond donors (Lipinski definition) is 1. The number of nitrogens with zero attached hydrogens (tertiary/aromatic N) is 2. The van der Waals surface area contributed by atoms with E-state index in [1.165, 1.54) is 16.4 Å². The van der Waals surface area contributed by atoms with Crippen LogP contribution in [0.2, 0.25) is 5.02 Å². The molecular weight excluding hydrogens is 479 g/mol. The van der Waals surface area contributed by atoms with E-state index in [2.05, 4.69) is 0 Å². The van der Waals surface area contributed by atoms with Crippen molar-refractivity contribution in [3.05, 3.63) is 77.1 Å². The number of hydrogen-bond acceptors (Lipinski definition) is 4. The molecule has 0 aliphatic carbocycles. The Morgan fingerprint density at radius 3 is 2.41 bits per heavy atom. The van der Waals surface area contributed by atoms with Crippen molar-refractivity contribution in [1.82, 2.24) is 4.31 Å². The van der Waals surface area contributed by atoms with Crippen molar-refractivity contribution in [2.75, 3.05) is 18.5 Å². The fourth-order valence-electron chi connectivity index (χ4n) is 4.26. The van der Waals surface area contributed by atoms with Crippen LogP contribution < -0.4 is 4.90 Å². The molecular formula is C25H24ClFN2O4S. The van der Waals surface area contributed by atoms with E-state index in [-0.39, 0.29) is 21.9 Å². The van der Waals surface area contributed by atoms with E-state index in [1.54, 1.807) is 13.1 Å². The van der Waals surface area contributed by atoms with Crippen LogP contribution in [0.1, 0.15) is 24.2 Å². The van der Waals surface area contributed by atoms with Crippen LogP contribution in [-0.4, -0.2) is 43.4 Å².